The average molecular weight is 336 g/mol. The molecule has 0 saturated heterocycles. The van der Waals surface area contributed by atoms with Gasteiger partial charge in [0, 0.05) is 18.2 Å². The van der Waals surface area contributed by atoms with Crippen LogP contribution >= 0.6 is 0 Å². The van der Waals surface area contributed by atoms with Crippen LogP contribution < -0.4 is 0 Å². The van der Waals surface area contributed by atoms with E-state index in [1.807, 2.05) is 6.92 Å². The Kier molecular flexibility index (Phi) is 4.47. The second-order valence-corrected chi connectivity index (χ2v) is 5.95. The van der Waals surface area contributed by atoms with Crippen molar-refractivity contribution in [2.75, 3.05) is 0 Å². The molecule has 2 aromatic rings. The molecule has 2 aromatic heterocycles. The van der Waals surface area contributed by atoms with Crippen molar-refractivity contribution < 1.29 is 18.0 Å². The predicted octanol–water partition coefficient (Wildman–Crippen LogP) is 3.70. The molecule has 0 spiro atoms. The van der Waals surface area contributed by atoms with Crippen LogP contribution in [-0.4, -0.2) is 20.5 Å². The van der Waals surface area contributed by atoms with Crippen LogP contribution in [-0.2, 0) is 22.9 Å². The molecule has 0 aliphatic rings. The van der Waals surface area contributed by atoms with Crippen molar-refractivity contribution in [3.63, 3.8) is 0 Å². The molecule has 2 heterocycles. The molecule has 0 fully saturated rings. The lowest BCUT2D eigenvalue weighted by molar-refractivity contribution is -0.137. The molecule has 0 saturated carbocycles. The SMILES string of the molecule is [C-]#[N+]c1ncc(CC(=O)C(C)(C)n2cc(C)cn2)cc1C(F)(F)F. The highest BCUT2D eigenvalue weighted by Crippen LogP contribution is 2.35. The summed E-state index contributed by atoms with van der Waals surface area (Å²) in [5.41, 5.74) is -1.16. The summed E-state index contributed by atoms with van der Waals surface area (Å²) in [7, 11) is 0. The van der Waals surface area contributed by atoms with Gasteiger partial charge in [-0.15, -0.1) is 4.98 Å². The Morgan fingerprint density at radius 3 is 2.50 bits per heavy atom. The largest absolute Gasteiger partial charge is 0.409 e. The molecule has 0 amide bonds. The second-order valence-electron chi connectivity index (χ2n) is 5.95. The van der Waals surface area contributed by atoms with E-state index in [0.717, 1.165) is 17.8 Å². The Balaban J connectivity index is 2.31. The maximum absolute atomic E-state index is 13.0. The van der Waals surface area contributed by atoms with Crippen molar-refractivity contribution >= 4 is 11.6 Å². The van der Waals surface area contributed by atoms with Crippen LogP contribution in [0.15, 0.2) is 24.7 Å². The van der Waals surface area contributed by atoms with E-state index in [-0.39, 0.29) is 17.8 Å². The first-order chi connectivity index (χ1) is 11.1. The molecule has 0 unspecified atom stereocenters. The van der Waals surface area contributed by atoms with Gasteiger partial charge in [-0.3, -0.25) is 9.48 Å². The van der Waals surface area contributed by atoms with Crippen LogP contribution in [0.5, 0.6) is 0 Å². The van der Waals surface area contributed by atoms with Crippen molar-refractivity contribution in [1.82, 2.24) is 14.8 Å². The number of carbonyl (C=O) groups excluding carboxylic acids is 1. The molecule has 126 valence electrons. The van der Waals surface area contributed by atoms with Gasteiger partial charge in [-0.25, -0.2) is 0 Å². The van der Waals surface area contributed by atoms with Gasteiger partial charge in [-0.2, -0.15) is 18.3 Å². The van der Waals surface area contributed by atoms with Crippen LogP contribution in [0.3, 0.4) is 0 Å². The summed E-state index contributed by atoms with van der Waals surface area (Å²) in [4.78, 5) is 18.8. The standard InChI is InChI=1S/C16H15F3N4O/c1-10-7-22-23(9-10)15(2,3)13(24)6-11-5-12(16(17,18)19)14(20-4)21-8-11/h5,7-9H,6H2,1-3H3. The van der Waals surface area contributed by atoms with Crippen LogP contribution in [0.1, 0.15) is 30.5 Å². The van der Waals surface area contributed by atoms with E-state index in [9.17, 15) is 18.0 Å². The van der Waals surface area contributed by atoms with Crippen LogP contribution in [0.4, 0.5) is 19.0 Å². The monoisotopic (exact) mass is 336 g/mol. The minimum absolute atomic E-state index is 0.108. The van der Waals surface area contributed by atoms with E-state index >= 15 is 0 Å². The highest BCUT2D eigenvalue weighted by atomic mass is 19.4. The summed E-state index contributed by atoms with van der Waals surface area (Å²) in [5, 5.41) is 4.09. The first-order valence-electron chi connectivity index (χ1n) is 7.04. The summed E-state index contributed by atoms with van der Waals surface area (Å²) in [6.45, 7) is 11.9. The number of rotatable bonds is 4. The summed E-state index contributed by atoms with van der Waals surface area (Å²) in [6, 6.07) is 0.808. The van der Waals surface area contributed by atoms with Gasteiger partial charge in [0.05, 0.1) is 11.8 Å². The summed E-state index contributed by atoms with van der Waals surface area (Å²) in [5.74, 6) is -1.03. The van der Waals surface area contributed by atoms with Crippen molar-refractivity contribution in [3.05, 3.63) is 52.8 Å². The molecule has 8 heteroatoms. The molecule has 24 heavy (non-hydrogen) atoms. The molecule has 0 atom stereocenters. The maximum atomic E-state index is 13.0. The molecule has 0 radical (unpaired) electrons. The van der Waals surface area contributed by atoms with E-state index in [0.29, 0.717) is 0 Å². The Labute approximate surface area is 136 Å². The number of halogens is 3. The summed E-state index contributed by atoms with van der Waals surface area (Å²) < 4.78 is 40.4. The number of aryl methyl sites for hydroxylation is 1. The van der Waals surface area contributed by atoms with Gasteiger partial charge in [0.1, 0.15) is 11.7 Å². The number of hydrogen-bond donors (Lipinski definition) is 0. The van der Waals surface area contributed by atoms with E-state index in [1.165, 1.54) is 4.68 Å². The third-order valence-corrected chi connectivity index (χ3v) is 3.67. The van der Waals surface area contributed by atoms with Crippen LogP contribution in [0, 0.1) is 13.5 Å². The van der Waals surface area contributed by atoms with Crippen LogP contribution in [0.25, 0.3) is 4.85 Å². The quantitative estimate of drug-likeness (QED) is 0.800. The first kappa shape index (κ1) is 17.7. The third-order valence-electron chi connectivity index (χ3n) is 3.67. The Bertz CT molecular complexity index is 815. The average Bonchev–Trinajstić information content (AvgIpc) is 2.93. The smallest absolute Gasteiger partial charge is 0.360 e. The highest BCUT2D eigenvalue weighted by Gasteiger charge is 2.36. The number of carbonyl (C=O) groups is 1. The van der Waals surface area contributed by atoms with Gasteiger partial charge in [-0.1, -0.05) is 12.6 Å². The number of alkyl halides is 3. The number of Topliss-reactive ketones (excluding diaryl/α,β-unsaturated/α-hetero) is 1. The molecule has 0 aromatic carbocycles. The molecule has 0 aliphatic heterocycles. The summed E-state index contributed by atoms with van der Waals surface area (Å²) >= 11 is 0. The minimum atomic E-state index is -4.69. The van der Waals surface area contributed by atoms with Gasteiger partial charge >= 0.3 is 6.18 Å². The van der Waals surface area contributed by atoms with E-state index in [4.69, 9.17) is 6.57 Å². The topological polar surface area (TPSA) is 52.1 Å². The lowest BCUT2D eigenvalue weighted by atomic mass is 9.94. The molecular formula is C16H15F3N4O. The fourth-order valence-corrected chi connectivity index (χ4v) is 2.14. The predicted molar refractivity (Wildman–Crippen MR) is 80.5 cm³/mol. The van der Waals surface area contributed by atoms with Crippen molar-refractivity contribution in [1.29, 1.82) is 0 Å². The lowest BCUT2D eigenvalue weighted by Gasteiger charge is -2.24. The second kappa shape index (κ2) is 6.07. The van der Waals surface area contributed by atoms with Crippen molar-refractivity contribution in [3.8, 4) is 0 Å². The molecular weight excluding hydrogens is 321 g/mol. The van der Waals surface area contributed by atoms with Gasteiger partial charge in [0.25, 0.3) is 5.82 Å². The molecule has 2 rings (SSSR count). The van der Waals surface area contributed by atoms with E-state index in [1.54, 1.807) is 26.2 Å². The Morgan fingerprint density at radius 2 is 2.00 bits per heavy atom. The highest BCUT2D eigenvalue weighted by molar-refractivity contribution is 5.87. The normalized spacial score (nSPS) is 12.0. The Morgan fingerprint density at radius 1 is 1.33 bits per heavy atom. The maximum Gasteiger partial charge on any atom is 0.409 e. The van der Waals surface area contributed by atoms with Gasteiger partial charge in [0.15, 0.2) is 5.78 Å². The molecule has 0 N–H and O–H groups in total. The number of ketones is 1. The van der Waals surface area contributed by atoms with Gasteiger partial charge < -0.3 is 4.85 Å². The number of pyridine rings is 1. The number of hydrogen-bond acceptors (Lipinski definition) is 3. The molecule has 5 nitrogen and oxygen atoms in total. The van der Waals surface area contributed by atoms with E-state index < -0.39 is 23.1 Å². The zero-order chi connectivity index (χ0) is 18.1. The zero-order valence-corrected chi connectivity index (χ0v) is 13.3. The van der Waals surface area contributed by atoms with E-state index in [2.05, 4.69) is 14.9 Å². The van der Waals surface area contributed by atoms with Gasteiger partial charge in [0.2, 0.25) is 0 Å². The Hall–Kier alpha value is -2.69. The number of nitrogens with zero attached hydrogens (tertiary/aromatic N) is 4. The fourth-order valence-electron chi connectivity index (χ4n) is 2.14. The lowest BCUT2D eigenvalue weighted by Crippen LogP contribution is -2.37. The van der Waals surface area contributed by atoms with Crippen LogP contribution in [0.2, 0.25) is 0 Å². The molecule has 0 aliphatic carbocycles. The third kappa shape index (κ3) is 3.45. The summed E-state index contributed by atoms with van der Waals surface area (Å²) in [6.07, 6.45) is -0.506. The number of aromatic nitrogens is 3. The van der Waals surface area contributed by atoms with Crippen molar-refractivity contribution in [2.45, 2.75) is 38.9 Å². The zero-order valence-electron chi connectivity index (χ0n) is 13.3. The molecule has 0 bridgehead atoms. The minimum Gasteiger partial charge on any atom is -0.360 e. The van der Waals surface area contributed by atoms with Gasteiger partial charge in [-0.05, 0) is 26.3 Å². The van der Waals surface area contributed by atoms with Crippen molar-refractivity contribution in [2.24, 2.45) is 0 Å². The first-order valence-corrected chi connectivity index (χ1v) is 7.04. The fraction of sp³-hybridized carbons (Fsp3) is 0.375.